The summed E-state index contributed by atoms with van der Waals surface area (Å²) in [5.41, 5.74) is 5.03. The minimum absolute atomic E-state index is 0.0741. The Morgan fingerprint density at radius 1 is 1.62 bits per heavy atom. The second kappa shape index (κ2) is 1.61. The topological polar surface area (TPSA) is 90.9 Å². The highest BCUT2D eigenvalue weighted by Gasteiger charge is 2.21. The van der Waals surface area contributed by atoms with Crippen LogP contribution in [-0.4, -0.2) is 28.6 Å². The van der Waals surface area contributed by atoms with Gasteiger partial charge in [0.25, 0.3) is 0 Å². The molecule has 2 unspecified atom stereocenters. The fraction of sp³-hybridized carbons (Fsp3) is 0.667. The zero-order valence-corrected chi connectivity index (χ0v) is 4.07. The van der Waals surface area contributed by atoms with Crippen molar-refractivity contribution in [2.75, 3.05) is 0 Å². The number of hydrogen-bond acceptors (Lipinski definition) is 5. The minimum atomic E-state index is -1.10. The molecule has 0 saturated carbocycles. The van der Waals surface area contributed by atoms with Gasteiger partial charge in [-0.25, -0.2) is 4.99 Å². The van der Waals surface area contributed by atoms with Crippen molar-refractivity contribution in [1.29, 1.82) is 0 Å². The molecule has 0 fully saturated rings. The average Bonchev–Trinajstić information content (AvgIpc) is 1.85. The molecule has 0 saturated heterocycles. The summed E-state index contributed by atoms with van der Waals surface area (Å²) in [6, 6.07) is 0. The second-order valence-corrected chi connectivity index (χ2v) is 1.52. The maximum absolute atomic E-state index is 8.61. The molecule has 5 heteroatoms. The third-order valence-corrected chi connectivity index (χ3v) is 0.850. The highest BCUT2D eigenvalue weighted by Crippen LogP contribution is 1.96. The third kappa shape index (κ3) is 0.728. The van der Waals surface area contributed by atoms with Crippen LogP contribution >= 0.6 is 0 Å². The Bertz CT molecular complexity index is 124. The molecule has 0 aromatic carbocycles. The van der Waals surface area contributed by atoms with Gasteiger partial charge in [-0.3, -0.25) is 0 Å². The molecule has 0 radical (unpaired) electrons. The van der Waals surface area contributed by atoms with Gasteiger partial charge in [0.2, 0.25) is 0 Å². The lowest BCUT2D eigenvalue weighted by Gasteiger charge is -2.03. The predicted octanol–water partition coefficient (Wildman–Crippen LogP) is -2.46. The number of nitrogens with zero attached hydrogens (tertiary/aromatic N) is 1. The van der Waals surface area contributed by atoms with Gasteiger partial charge < -0.3 is 21.3 Å². The molecule has 5 nitrogen and oxygen atoms in total. The number of rotatable bonds is 0. The number of aliphatic hydroxyl groups excluding tert-OH is 2. The van der Waals surface area contributed by atoms with E-state index < -0.39 is 12.5 Å². The standard InChI is InChI=1S/C3H7N3O2/c4-3-5-1(7)2(8)6-3/h1-2,7-8H,(H3,4,5,6). The quantitative estimate of drug-likeness (QED) is 0.283. The van der Waals surface area contributed by atoms with Crippen molar-refractivity contribution in [1.82, 2.24) is 5.32 Å². The van der Waals surface area contributed by atoms with Gasteiger partial charge in [-0.1, -0.05) is 0 Å². The van der Waals surface area contributed by atoms with E-state index in [1.54, 1.807) is 0 Å². The van der Waals surface area contributed by atoms with Crippen LogP contribution in [0.4, 0.5) is 0 Å². The molecule has 8 heavy (non-hydrogen) atoms. The normalized spacial score (nSPS) is 36.5. The van der Waals surface area contributed by atoms with Crippen LogP contribution in [-0.2, 0) is 0 Å². The monoisotopic (exact) mass is 117 g/mol. The first-order chi connectivity index (χ1) is 3.70. The maximum atomic E-state index is 8.61. The second-order valence-electron chi connectivity index (χ2n) is 1.52. The van der Waals surface area contributed by atoms with Crippen LogP contribution in [0, 0.1) is 0 Å². The SMILES string of the molecule is NC1=NC(O)C(O)N1. The van der Waals surface area contributed by atoms with Crippen LogP contribution in [0.15, 0.2) is 4.99 Å². The van der Waals surface area contributed by atoms with Crippen molar-refractivity contribution < 1.29 is 10.2 Å². The summed E-state index contributed by atoms with van der Waals surface area (Å²) < 4.78 is 0. The predicted molar refractivity (Wildman–Crippen MR) is 26.8 cm³/mol. The van der Waals surface area contributed by atoms with Crippen molar-refractivity contribution in [2.45, 2.75) is 12.5 Å². The summed E-state index contributed by atoms with van der Waals surface area (Å²) in [7, 11) is 0. The highest BCUT2D eigenvalue weighted by atomic mass is 16.4. The number of guanidine groups is 1. The van der Waals surface area contributed by atoms with E-state index in [9.17, 15) is 0 Å². The van der Waals surface area contributed by atoms with E-state index in [1.165, 1.54) is 0 Å². The van der Waals surface area contributed by atoms with Crippen molar-refractivity contribution in [2.24, 2.45) is 10.7 Å². The molecule has 1 aliphatic heterocycles. The minimum Gasteiger partial charge on any atom is -0.370 e. The molecule has 2 atom stereocenters. The molecule has 1 heterocycles. The average molecular weight is 117 g/mol. The molecule has 46 valence electrons. The van der Waals surface area contributed by atoms with Crippen LogP contribution in [0.5, 0.6) is 0 Å². The van der Waals surface area contributed by atoms with Gasteiger partial charge in [0.05, 0.1) is 0 Å². The number of hydrogen-bond donors (Lipinski definition) is 4. The van der Waals surface area contributed by atoms with E-state index in [4.69, 9.17) is 15.9 Å². The molecule has 0 aliphatic carbocycles. The summed E-state index contributed by atoms with van der Waals surface area (Å²) >= 11 is 0. The van der Waals surface area contributed by atoms with Crippen molar-refractivity contribution in [3.05, 3.63) is 0 Å². The fourth-order valence-corrected chi connectivity index (χ4v) is 0.476. The Hall–Kier alpha value is -0.810. The van der Waals surface area contributed by atoms with Crippen LogP contribution in [0.3, 0.4) is 0 Å². The molecule has 5 N–H and O–H groups in total. The van der Waals surface area contributed by atoms with Crippen LogP contribution < -0.4 is 11.1 Å². The van der Waals surface area contributed by atoms with E-state index in [-0.39, 0.29) is 5.96 Å². The number of aliphatic hydroxyl groups is 2. The van der Waals surface area contributed by atoms with Gasteiger partial charge in [0.15, 0.2) is 18.4 Å². The van der Waals surface area contributed by atoms with E-state index in [2.05, 4.69) is 10.3 Å². The Balaban J connectivity index is 2.56. The third-order valence-electron chi connectivity index (χ3n) is 0.850. The van der Waals surface area contributed by atoms with Gasteiger partial charge in [-0.2, -0.15) is 0 Å². The van der Waals surface area contributed by atoms with Crippen LogP contribution in [0.2, 0.25) is 0 Å². The zero-order valence-electron chi connectivity index (χ0n) is 4.07. The first-order valence-electron chi connectivity index (χ1n) is 2.16. The largest absolute Gasteiger partial charge is 0.370 e. The first-order valence-corrected chi connectivity index (χ1v) is 2.16. The first kappa shape index (κ1) is 5.33. The summed E-state index contributed by atoms with van der Waals surface area (Å²) in [5.74, 6) is 0.0741. The van der Waals surface area contributed by atoms with E-state index in [0.29, 0.717) is 0 Å². The van der Waals surface area contributed by atoms with Gasteiger partial charge in [0, 0.05) is 0 Å². The lowest BCUT2D eigenvalue weighted by molar-refractivity contribution is 0.0287. The Morgan fingerprint density at radius 2 is 2.25 bits per heavy atom. The van der Waals surface area contributed by atoms with E-state index in [1.807, 2.05) is 0 Å². The smallest absolute Gasteiger partial charge is 0.194 e. The van der Waals surface area contributed by atoms with Crippen LogP contribution in [0.1, 0.15) is 0 Å². The summed E-state index contributed by atoms with van der Waals surface area (Å²) in [5, 5.41) is 19.5. The summed E-state index contributed by atoms with van der Waals surface area (Å²) in [6.07, 6.45) is -2.13. The van der Waals surface area contributed by atoms with Gasteiger partial charge in [0.1, 0.15) is 0 Å². The molecule has 0 aromatic heterocycles. The molecule has 0 spiro atoms. The van der Waals surface area contributed by atoms with Gasteiger partial charge in [-0.15, -0.1) is 0 Å². The molecular formula is C3H7N3O2. The lowest BCUT2D eigenvalue weighted by atomic mass is 10.5. The van der Waals surface area contributed by atoms with Crippen molar-refractivity contribution in [3.8, 4) is 0 Å². The molecule has 0 amide bonds. The summed E-state index contributed by atoms with van der Waals surface area (Å²) in [4.78, 5) is 3.36. The highest BCUT2D eigenvalue weighted by molar-refractivity contribution is 5.79. The molecular weight excluding hydrogens is 110 g/mol. The van der Waals surface area contributed by atoms with Crippen LogP contribution in [0.25, 0.3) is 0 Å². The molecule has 1 rings (SSSR count). The number of nitrogens with two attached hydrogens (primary N) is 1. The molecule has 0 aromatic rings. The number of aliphatic imine (C=N–C) groups is 1. The zero-order chi connectivity index (χ0) is 6.15. The molecule has 0 bridgehead atoms. The fourth-order valence-electron chi connectivity index (χ4n) is 0.476. The Morgan fingerprint density at radius 3 is 2.38 bits per heavy atom. The molecule has 1 aliphatic rings. The van der Waals surface area contributed by atoms with Crippen molar-refractivity contribution in [3.63, 3.8) is 0 Å². The summed E-state index contributed by atoms with van der Waals surface area (Å²) in [6.45, 7) is 0. The Labute approximate surface area is 45.8 Å². The number of nitrogens with one attached hydrogen (secondary N) is 1. The maximum Gasteiger partial charge on any atom is 0.194 e. The lowest BCUT2D eigenvalue weighted by Crippen LogP contribution is -2.37. The Kier molecular flexibility index (Phi) is 1.07. The van der Waals surface area contributed by atoms with E-state index >= 15 is 0 Å². The van der Waals surface area contributed by atoms with Gasteiger partial charge >= 0.3 is 0 Å². The van der Waals surface area contributed by atoms with Crippen molar-refractivity contribution >= 4 is 5.96 Å². The van der Waals surface area contributed by atoms with E-state index in [0.717, 1.165) is 0 Å². The van der Waals surface area contributed by atoms with Gasteiger partial charge in [-0.05, 0) is 0 Å².